The van der Waals surface area contributed by atoms with Gasteiger partial charge in [0.1, 0.15) is 23.4 Å². The fraction of sp³-hybridized carbons (Fsp3) is 0.741. The highest BCUT2D eigenvalue weighted by Gasteiger charge is 2.51. The lowest BCUT2D eigenvalue weighted by atomic mass is 9.73. The van der Waals surface area contributed by atoms with E-state index in [0.29, 0.717) is 49.0 Å². The molecule has 3 atom stereocenters. The summed E-state index contributed by atoms with van der Waals surface area (Å²) in [5.74, 6) is 0.306. The van der Waals surface area contributed by atoms with Gasteiger partial charge in [-0.25, -0.2) is 19.4 Å². The number of aromatic nitrogens is 4. The van der Waals surface area contributed by atoms with Crippen molar-refractivity contribution >= 4 is 51.6 Å². The molecular formula is C27H39IN6O6. The van der Waals surface area contributed by atoms with Crippen LogP contribution in [0.1, 0.15) is 78.6 Å². The number of carbonyl (C=O) groups is 2. The standard InChI is InChI=1S/C27H39IN6O6/c1-16-21(30-25(36)40-26(3,4)5)27(15-39-16)9-11-33(12-10-27)23-18(14-38-17(2)35)29-20-22(28)32-34(24(20)31-23)19-8-6-7-13-37-19/h16,19,21H,6-15H2,1-5H3,(H,30,36)/t16-,19?,21+/m0/s1. The number of hydrogen-bond acceptors (Lipinski definition) is 10. The van der Waals surface area contributed by atoms with Crippen LogP contribution < -0.4 is 10.2 Å². The molecule has 1 N–H and O–H groups in total. The van der Waals surface area contributed by atoms with E-state index in [2.05, 4.69) is 32.8 Å². The predicted octanol–water partition coefficient (Wildman–Crippen LogP) is 4.09. The Morgan fingerprint density at radius 2 is 1.93 bits per heavy atom. The first-order chi connectivity index (χ1) is 19.0. The Morgan fingerprint density at radius 1 is 1.18 bits per heavy atom. The van der Waals surface area contributed by atoms with E-state index in [9.17, 15) is 9.59 Å². The molecule has 3 saturated heterocycles. The summed E-state index contributed by atoms with van der Waals surface area (Å²) in [6.07, 6.45) is 3.82. The molecular weight excluding hydrogens is 631 g/mol. The van der Waals surface area contributed by atoms with Crippen molar-refractivity contribution in [2.75, 3.05) is 31.2 Å². The third-order valence-electron chi connectivity index (χ3n) is 7.87. The SMILES string of the molecule is CC(=O)OCc1nc2c(I)nn(C3CCCCO3)c2nc1N1CCC2(CC1)CO[C@@H](C)[C@H]2NC(=O)OC(C)(C)C. The molecule has 0 bridgehead atoms. The van der Waals surface area contributed by atoms with Crippen LogP contribution in [-0.4, -0.2) is 75.9 Å². The summed E-state index contributed by atoms with van der Waals surface area (Å²) in [4.78, 5) is 36.5. The molecule has 220 valence electrons. The zero-order valence-corrected chi connectivity index (χ0v) is 26.0. The maximum atomic E-state index is 12.7. The number of carbonyl (C=O) groups excluding carboxylic acids is 2. The number of nitrogens with zero attached hydrogens (tertiary/aromatic N) is 5. The molecule has 3 fully saturated rings. The Labute approximate surface area is 248 Å². The van der Waals surface area contributed by atoms with Gasteiger partial charge in [0.05, 0.1) is 18.8 Å². The van der Waals surface area contributed by atoms with E-state index in [4.69, 9.17) is 34.0 Å². The third kappa shape index (κ3) is 6.15. The first-order valence-corrected chi connectivity index (χ1v) is 15.1. The molecule has 2 aromatic rings. The quantitative estimate of drug-likeness (QED) is 0.367. The largest absolute Gasteiger partial charge is 0.459 e. The van der Waals surface area contributed by atoms with Crippen molar-refractivity contribution in [1.82, 2.24) is 25.1 Å². The van der Waals surface area contributed by atoms with Crippen LogP contribution in [0.3, 0.4) is 0 Å². The fourth-order valence-corrected chi connectivity index (χ4v) is 6.48. The summed E-state index contributed by atoms with van der Waals surface area (Å²) < 4.78 is 25.6. The second-order valence-corrected chi connectivity index (χ2v) is 13.0. The first kappa shape index (κ1) is 29.2. The average Bonchev–Trinajstić information content (AvgIpc) is 3.38. The minimum absolute atomic E-state index is 0.0272. The third-order valence-corrected chi connectivity index (χ3v) is 8.60. The maximum Gasteiger partial charge on any atom is 0.407 e. The summed E-state index contributed by atoms with van der Waals surface area (Å²) >= 11 is 2.17. The number of nitrogens with one attached hydrogen (secondary N) is 1. The van der Waals surface area contributed by atoms with Gasteiger partial charge in [-0.05, 0) is 82.4 Å². The van der Waals surface area contributed by atoms with Gasteiger partial charge in [-0.15, -0.1) is 0 Å². The molecule has 0 radical (unpaired) electrons. The van der Waals surface area contributed by atoms with Crippen LogP contribution in [0.15, 0.2) is 0 Å². The summed E-state index contributed by atoms with van der Waals surface area (Å²) in [7, 11) is 0. The van der Waals surface area contributed by atoms with E-state index in [0.717, 1.165) is 35.8 Å². The predicted molar refractivity (Wildman–Crippen MR) is 155 cm³/mol. The Balaban J connectivity index is 1.41. The molecule has 0 saturated carbocycles. The van der Waals surface area contributed by atoms with Crippen molar-refractivity contribution in [3.05, 3.63) is 9.39 Å². The number of alkyl carbamates (subject to hydrolysis) is 1. The van der Waals surface area contributed by atoms with E-state index in [1.54, 1.807) is 0 Å². The highest BCUT2D eigenvalue weighted by molar-refractivity contribution is 14.1. The molecule has 3 aliphatic heterocycles. The number of fused-ring (bicyclic) bond motifs is 1. The van der Waals surface area contributed by atoms with Gasteiger partial charge in [0.25, 0.3) is 0 Å². The van der Waals surface area contributed by atoms with Gasteiger partial charge in [-0.2, -0.15) is 5.10 Å². The monoisotopic (exact) mass is 670 g/mol. The van der Waals surface area contributed by atoms with Crippen molar-refractivity contribution in [2.24, 2.45) is 5.41 Å². The van der Waals surface area contributed by atoms with Crippen LogP contribution in [0.4, 0.5) is 10.6 Å². The normalized spacial score (nSPS) is 24.9. The lowest BCUT2D eigenvalue weighted by molar-refractivity contribution is -0.142. The minimum Gasteiger partial charge on any atom is -0.459 e. The summed E-state index contributed by atoms with van der Waals surface area (Å²) in [6.45, 7) is 11.6. The van der Waals surface area contributed by atoms with Gasteiger partial charge in [0.2, 0.25) is 0 Å². The van der Waals surface area contributed by atoms with E-state index < -0.39 is 11.7 Å². The Morgan fingerprint density at radius 3 is 2.58 bits per heavy atom. The second-order valence-electron chi connectivity index (χ2n) is 12.0. The number of amides is 1. The summed E-state index contributed by atoms with van der Waals surface area (Å²) in [5, 5.41) is 7.82. The van der Waals surface area contributed by atoms with Crippen LogP contribution >= 0.6 is 22.6 Å². The molecule has 1 spiro atoms. The van der Waals surface area contributed by atoms with E-state index in [1.807, 2.05) is 32.4 Å². The molecule has 13 heteroatoms. The van der Waals surface area contributed by atoms with E-state index in [-0.39, 0.29) is 36.4 Å². The van der Waals surface area contributed by atoms with E-state index in [1.165, 1.54) is 6.92 Å². The molecule has 3 aliphatic rings. The minimum atomic E-state index is -0.577. The van der Waals surface area contributed by atoms with Crippen LogP contribution in [-0.2, 0) is 30.3 Å². The topological polar surface area (TPSA) is 130 Å². The summed E-state index contributed by atoms with van der Waals surface area (Å²) in [5.41, 5.74) is 1.15. The molecule has 2 aromatic heterocycles. The molecule has 40 heavy (non-hydrogen) atoms. The first-order valence-electron chi connectivity index (χ1n) is 14.0. The van der Waals surface area contributed by atoms with Gasteiger partial charge in [0, 0.05) is 32.0 Å². The lowest BCUT2D eigenvalue weighted by Gasteiger charge is -2.43. The van der Waals surface area contributed by atoms with Crippen LogP contribution in [0.25, 0.3) is 11.2 Å². The Kier molecular flexibility index (Phi) is 8.44. The number of halogens is 1. The zero-order chi connectivity index (χ0) is 28.7. The number of hydrogen-bond donors (Lipinski definition) is 1. The molecule has 5 rings (SSSR count). The van der Waals surface area contributed by atoms with Crippen molar-refractivity contribution < 1.29 is 28.5 Å². The molecule has 12 nitrogen and oxygen atoms in total. The fourth-order valence-electron chi connectivity index (χ4n) is 5.88. The Hall–Kier alpha value is -2.26. The van der Waals surface area contributed by atoms with Crippen molar-refractivity contribution in [3.63, 3.8) is 0 Å². The summed E-state index contributed by atoms with van der Waals surface area (Å²) in [6, 6.07) is -0.162. The number of anilines is 1. The average molecular weight is 671 g/mol. The van der Waals surface area contributed by atoms with E-state index >= 15 is 0 Å². The van der Waals surface area contributed by atoms with Crippen LogP contribution in [0.5, 0.6) is 0 Å². The molecule has 0 aromatic carbocycles. The van der Waals surface area contributed by atoms with Crippen LogP contribution in [0.2, 0.25) is 0 Å². The van der Waals surface area contributed by atoms with Gasteiger partial charge in [-0.3, -0.25) is 4.79 Å². The molecule has 1 amide bonds. The number of rotatable bonds is 5. The van der Waals surface area contributed by atoms with Gasteiger partial charge >= 0.3 is 12.1 Å². The lowest BCUT2D eigenvalue weighted by Crippen LogP contribution is -2.55. The number of piperidine rings is 1. The molecule has 5 heterocycles. The maximum absolute atomic E-state index is 12.7. The number of esters is 1. The highest BCUT2D eigenvalue weighted by atomic mass is 127. The second kappa shape index (κ2) is 11.6. The smallest absolute Gasteiger partial charge is 0.407 e. The van der Waals surface area contributed by atoms with Crippen molar-refractivity contribution in [1.29, 1.82) is 0 Å². The molecule has 1 unspecified atom stereocenters. The van der Waals surface area contributed by atoms with Gasteiger partial charge in [0.15, 0.2) is 21.4 Å². The van der Waals surface area contributed by atoms with Crippen LogP contribution in [0, 0.1) is 9.12 Å². The van der Waals surface area contributed by atoms with Crippen molar-refractivity contribution in [2.45, 2.75) is 97.3 Å². The van der Waals surface area contributed by atoms with Crippen molar-refractivity contribution in [3.8, 4) is 0 Å². The highest BCUT2D eigenvalue weighted by Crippen LogP contribution is 2.43. The van der Waals surface area contributed by atoms with Gasteiger partial charge < -0.3 is 29.2 Å². The molecule has 0 aliphatic carbocycles. The number of ether oxygens (including phenoxy) is 4. The van der Waals surface area contributed by atoms with Gasteiger partial charge in [-0.1, -0.05) is 0 Å². The zero-order valence-electron chi connectivity index (χ0n) is 23.9. The Bertz CT molecular complexity index is 1250.